The van der Waals surface area contributed by atoms with Gasteiger partial charge in [0, 0.05) is 43.1 Å². The number of carbonyl (C=O) groups excluding carboxylic acids is 2. The van der Waals surface area contributed by atoms with Gasteiger partial charge in [0.05, 0.1) is 23.6 Å². The van der Waals surface area contributed by atoms with Crippen molar-refractivity contribution in [3.63, 3.8) is 0 Å². The Kier molecular flexibility index (Phi) is 8.15. The molecule has 2 aromatic heterocycles. The summed E-state index contributed by atoms with van der Waals surface area (Å²) in [4.78, 5) is 40.5. The van der Waals surface area contributed by atoms with Crippen LogP contribution in [0.25, 0.3) is 0 Å². The molecule has 12 heteroatoms. The normalized spacial score (nSPS) is 14.8. The SMILES string of the molecule is O=C(CC1CCN(C(=O)c2ccc(F)cc2F)CC1)Nc1ccc2cc1CCc1cncc(c1)Nc1ncc(Cl)c(n1)N2. The third-order valence-electron chi connectivity index (χ3n) is 7.66. The molecule has 0 atom stereocenters. The van der Waals surface area contributed by atoms with E-state index in [4.69, 9.17) is 11.6 Å². The minimum atomic E-state index is -0.873. The van der Waals surface area contributed by atoms with Gasteiger partial charge in [-0.05, 0) is 79.1 Å². The van der Waals surface area contributed by atoms with Crippen LogP contribution in [0.5, 0.6) is 0 Å². The molecule has 0 aliphatic carbocycles. The molecule has 0 spiro atoms. The molecule has 0 saturated carbocycles. The monoisotopic (exact) mass is 603 g/mol. The van der Waals surface area contributed by atoms with E-state index >= 15 is 0 Å². The number of anilines is 5. The summed E-state index contributed by atoms with van der Waals surface area (Å²) in [5, 5.41) is 9.85. The van der Waals surface area contributed by atoms with Crippen molar-refractivity contribution in [3.8, 4) is 0 Å². The van der Waals surface area contributed by atoms with Gasteiger partial charge in [0.25, 0.3) is 5.91 Å². The van der Waals surface area contributed by atoms with E-state index in [0.717, 1.165) is 28.6 Å². The number of hydrogen-bond donors (Lipinski definition) is 3. The number of likely N-dealkylation sites (tertiary alicyclic amines) is 1. The number of nitrogens with one attached hydrogen (secondary N) is 3. The first-order valence-corrected chi connectivity index (χ1v) is 14.4. The number of piperidine rings is 1. The Morgan fingerprint density at radius 2 is 1.81 bits per heavy atom. The molecule has 0 unspecified atom stereocenters. The summed E-state index contributed by atoms with van der Waals surface area (Å²) in [5.74, 6) is -1.29. The second kappa shape index (κ2) is 12.3. The minimum Gasteiger partial charge on any atom is -0.339 e. The Labute approximate surface area is 251 Å². The molecule has 3 N–H and O–H groups in total. The Morgan fingerprint density at radius 3 is 2.63 bits per heavy atom. The number of nitrogens with zero attached hydrogens (tertiary/aromatic N) is 4. The standard InChI is InChI=1S/C31H28ClF2N7O2/c32-25-17-36-31-38-23-11-19(15-35-16-23)1-2-20-13-22(37-29(25)40-31)4-6-27(20)39-28(42)12-18-7-9-41(10-8-18)30(43)24-5-3-21(33)14-26(24)34/h3-6,11,13-18H,1-2,7-10,12H2,(H,39,42)(H2,36,37,38,40). The van der Waals surface area contributed by atoms with E-state index in [2.05, 4.69) is 30.9 Å². The summed E-state index contributed by atoms with van der Waals surface area (Å²) >= 11 is 6.36. The van der Waals surface area contributed by atoms with E-state index in [-0.39, 0.29) is 17.4 Å². The van der Waals surface area contributed by atoms with E-state index in [1.54, 1.807) is 17.3 Å². The molecule has 4 heterocycles. The molecule has 43 heavy (non-hydrogen) atoms. The van der Waals surface area contributed by atoms with Gasteiger partial charge in [-0.3, -0.25) is 14.6 Å². The van der Waals surface area contributed by atoms with Crippen LogP contribution in [0.2, 0.25) is 5.02 Å². The fourth-order valence-electron chi connectivity index (χ4n) is 5.39. The number of benzene rings is 2. The molecule has 2 amide bonds. The van der Waals surface area contributed by atoms with Gasteiger partial charge in [0.2, 0.25) is 11.9 Å². The predicted molar refractivity (Wildman–Crippen MR) is 160 cm³/mol. The Bertz CT molecular complexity index is 1690. The summed E-state index contributed by atoms with van der Waals surface area (Å²) in [6, 6.07) is 10.6. The van der Waals surface area contributed by atoms with Crippen molar-refractivity contribution in [1.29, 1.82) is 0 Å². The number of rotatable bonds is 4. The highest BCUT2D eigenvalue weighted by atomic mass is 35.5. The molecule has 2 aliphatic rings. The summed E-state index contributed by atoms with van der Waals surface area (Å²) in [7, 11) is 0. The molecular formula is C31H28ClF2N7O2. The highest BCUT2D eigenvalue weighted by Crippen LogP contribution is 2.30. The number of fused-ring (bicyclic) bond motifs is 6. The lowest BCUT2D eigenvalue weighted by Gasteiger charge is -2.32. The van der Waals surface area contributed by atoms with Crippen LogP contribution in [0.4, 0.5) is 37.6 Å². The number of aryl methyl sites for hydroxylation is 2. The smallest absolute Gasteiger partial charge is 0.256 e. The van der Waals surface area contributed by atoms with Crippen LogP contribution in [-0.2, 0) is 17.6 Å². The second-order valence-electron chi connectivity index (χ2n) is 10.7. The second-order valence-corrected chi connectivity index (χ2v) is 11.1. The average molecular weight is 604 g/mol. The number of pyridine rings is 1. The molecule has 2 aliphatic heterocycles. The van der Waals surface area contributed by atoms with Gasteiger partial charge in [-0.25, -0.2) is 13.8 Å². The van der Waals surface area contributed by atoms with Gasteiger partial charge in [0.15, 0.2) is 5.82 Å². The molecule has 0 radical (unpaired) electrons. The first-order valence-electron chi connectivity index (χ1n) is 14.0. The summed E-state index contributed by atoms with van der Waals surface area (Å²) in [6.07, 6.45) is 7.87. The van der Waals surface area contributed by atoms with Gasteiger partial charge >= 0.3 is 0 Å². The molecular weight excluding hydrogens is 576 g/mol. The predicted octanol–water partition coefficient (Wildman–Crippen LogP) is 6.27. The van der Waals surface area contributed by atoms with Crippen LogP contribution in [-0.4, -0.2) is 44.8 Å². The van der Waals surface area contributed by atoms with Gasteiger partial charge in [-0.15, -0.1) is 0 Å². The fourth-order valence-corrected chi connectivity index (χ4v) is 5.53. The third kappa shape index (κ3) is 6.72. The van der Waals surface area contributed by atoms with Crippen LogP contribution in [0, 0.1) is 17.6 Å². The number of aromatic nitrogens is 3. The van der Waals surface area contributed by atoms with Crippen molar-refractivity contribution in [2.75, 3.05) is 29.0 Å². The zero-order chi connectivity index (χ0) is 29.9. The number of carbonyl (C=O) groups is 2. The average Bonchev–Trinajstić information content (AvgIpc) is 2.99. The van der Waals surface area contributed by atoms with Gasteiger partial charge in [-0.1, -0.05) is 11.6 Å². The lowest BCUT2D eigenvalue weighted by molar-refractivity contribution is -0.117. The van der Waals surface area contributed by atoms with Crippen LogP contribution in [0.15, 0.2) is 61.1 Å². The lowest BCUT2D eigenvalue weighted by atomic mass is 9.92. The van der Waals surface area contributed by atoms with Gasteiger partial charge < -0.3 is 20.9 Å². The largest absolute Gasteiger partial charge is 0.339 e. The van der Waals surface area contributed by atoms with Crippen molar-refractivity contribution in [2.45, 2.75) is 32.1 Å². The highest BCUT2D eigenvalue weighted by molar-refractivity contribution is 6.32. The van der Waals surface area contributed by atoms with E-state index < -0.39 is 17.5 Å². The number of halogens is 3. The van der Waals surface area contributed by atoms with Crippen LogP contribution < -0.4 is 16.0 Å². The van der Waals surface area contributed by atoms with E-state index in [0.29, 0.717) is 73.7 Å². The molecule has 6 rings (SSSR count). The molecule has 1 fully saturated rings. The van der Waals surface area contributed by atoms with Crippen LogP contribution in [0.1, 0.15) is 40.7 Å². The summed E-state index contributed by atoms with van der Waals surface area (Å²) in [6.45, 7) is 0.795. The van der Waals surface area contributed by atoms with Crippen LogP contribution in [0.3, 0.4) is 0 Å². The van der Waals surface area contributed by atoms with E-state index in [9.17, 15) is 18.4 Å². The number of amides is 2. The fraction of sp³-hybridized carbons (Fsp3) is 0.258. The topological polar surface area (TPSA) is 112 Å². The lowest BCUT2D eigenvalue weighted by Crippen LogP contribution is -2.39. The maximum absolute atomic E-state index is 14.1. The molecule has 9 nitrogen and oxygen atoms in total. The maximum Gasteiger partial charge on any atom is 0.256 e. The summed E-state index contributed by atoms with van der Waals surface area (Å²) < 4.78 is 27.4. The Morgan fingerprint density at radius 1 is 0.977 bits per heavy atom. The van der Waals surface area contributed by atoms with Crippen molar-refractivity contribution in [1.82, 2.24) is 19.9 Å². The summed E-state index contributed by atoms with van der Waals surface area (Å²) in [5.41, 5.74) is 4.02. The first-order chi connectivity index (χ1) is 20.8. The van der Waals surface area contributed by atoms with E-state index in [1.807, 2.05) is 24.3 Å². The minimum absolute atomic E-state index is 0.0727. The van der Waals surface area contributed by atoms with Crippen molar-refractivity contribution in [3.05, 3.63) is 94.4 Å². The molecule has 220 valence electrons. The van der Waals surface area contributed by atoms with Crippen molar-refractivity contribution < 1.29 is 18.4 Å². The molecule has 2 aromatic carbocycles. The van der Waals surface area contributed by atoms with E-state index in [1.165, 1.54) is 12.3 Å². The zero-order valence-corrected chi connectivity index (χ0v) is 23.8. The van der Waals surface area contributed by atoms with Gasteiger partial charge in [-0.2, -0.15) is 4.98 Å². The molecule has 6 bridgehead atoms. The van der Waals surface area contributed by atoms with Crippen LogP contribution >= 0.6 is 11.6 Å². The Hall–Kier alpha value is -4.64. The zero-order valence-electron chi connectivity index (χ0n) is 23.0. The number of hydrogen-bond acceptors (Lipinski definition) is 7. The van der Waals surface area contributed by atoms with Gasteiger partial charge in [0.1, 0.15) is 16.7 Å². The Balaban J connectivity index is 1.13. The maximum atomic E-state index is 14.1. The quantitative estimate of drug-likeness (QED) is 0.252. The van der Waals surface area contributed by atoms with Crippen molar-refractivity contribution >= 4 is 52.2 Å². The first kappa shape index (κ1) is 28.5. The van der Waals surface area contributed by atoms with Crippen molar-refractivity contribution in [2.24, 2.45) is 5.92 Å². The molecule has 1 saturated heterocycles. The molecule has 4 aromatic rings. The highest BCUT2D eigenvalue weighted by Gasteiger charge is 2.27. The third-order valence-corrected chi connectivity index (χ3v) is 7.93.